The third-order valence-corrected chi connectivity index (χ3v) is 5.55. The number of hydrogen-bond donors (Lipinski definition) is 1. The first-order valence-corrected chi connectivity index (χ1v) is 9.38. The molecule has 2 aliphatic heterocycles. The molecule has 0 radical (unpaired) electrons. The summed E-state index contributed by atoms with van der Waals surface area (Å²) in [6.45, 7) is 3.61. The van der Waals surface area contributed by atoms with Crippen molar-refractivity contribution in [1.82, 2.24) is 15.1 Å². The molecule has 1 N–H and O–H groups in total. The average Bonchev–Trinajstić information content (AvgIpc) is 3.23. The van der Waals surface area contributed by atoms with Gasteiger partial charge in [0.25, 0.3) is 0 Å². The first-order chi connectivity index (χ1) is 11.9. The molecule has 3 heterocycles. The van der Waals surface area contributed by atoms with Gasteiger partial charge in [-0.2, -0.15) is 13.2 Å². The van der Waals surface area contributed by atoms with Crippen LogP contribution in [-0.2, 0) is 0 Å². The van der Waals surface area contributed by atoms with Gasteiger partial charge in [-0.25, -0.2) is 0 Å². The number of hydrogen-bond acceptors (Lipinski definition) is 4. The molecular weight excluding hydrogens is 478 g/mol. The number of rotatable bonds is 3. The van der Waals surface area contributed by atoms with Crippen LogP contribution in [0.3, 0.4) is 0 Å². The highest BCUT2D eigenvalue weighted by Gasteiger charge is 2.35. The largest absolute Gasteiger partial charge is 0.401 e. The number of anilines is 1. The van der Waals surface area contributed by atoms with Crippen molar-refractivity contribution < 1.29 is 13.2 Å². The molecular formula is C16H25F3IN5S. The second kappa shape index (κ2) is 9.45. The van der Waals surface area contributed by atoms with E-state index in [0.29, 0.717) is 19.5 Å². The Kier molecular flexibility index (Phi) is 7.83. The van der Waals surface area contributed by atoms with Gasteiger partial charge in [0.1, 0.15) is 0 Å². The monoisotopic (exact) mass is 503 g/mol. The molecule has 3 rings (SSSR count). The average molecular weight is 503 g/mol. The van der Waals surface area contributed by atoms with Gasteiger partial charge >= 0.3 is 6.18 Å². The van der Waals surface area contributed by atoms with E-state index in [-0.39, 0.29) is 30.0 Å². The molecule has 148 valence electrons. The first-order valence-electron chi connectivity index (χ1n) is 8.50. The molecule has 1 atom stereocenters. The van der Waals surface area contributed by atoms with Crippen molar-refractivity contribution in [2.24, 2.45) is 4.99 Å². The van der Waals surface area contributed by atoms with E-state index in [1.54, 1.807) is 18.4 Å². The summed E-state index contributed by atoms with van der Waals surface area (Å²) in [7, 11) is 1.73. The number of nitrogens with zero attached hydrogens (tertiary/aromatic N) is 4. The maximum atomic E-state index is 12.5. The smallest absolute Gasteiger partial charge is 0.360 e. The third kappa shape index (κ3) is 5.88. The van der Waals surface area contributed by atoms with E-state index in [1.165, 1.54) is 9.90 Å². The SMILES string of the molecule is CN=C(NC1CCN(CC(F)(F)F)C1)N1CCN(c2cccs2)CC1.I. The molecule has 26 heavy (non-hydrogen) atoms. The van der Waals surface area contributed by atoms with Gasteiger partial charge in [0, 0.05) is 52.4 Å². The lowest BCUT2D eigenvalue weighted by molar-refractivity contribution is -0.143. The fraction of sp³-hybridized carbons (Fsp3) is 0.688. The van der Waals surface area contributed by atoms with Crippen molar-refractivity contribution in [2.45, 2.75) is 18.6 Å². The van der Waals surface area contributed by atoms with Crippen LogP contribution in [0.25, 0.3) is 0 Å². The second-order valence-electron chi connectivity index (χ2n) is 6.45. The summed E-state index contributed by atoms with van der Waals surface area (Å²) in [5.41, 5.74) is 0. The number of nitrogens with one attached hydrogen (secondary N) is 1. The zero-order valence-electron chi connectivity index (χ0n) is 14.7. The Morgan fingerprint density at radius 1 is 1.27 bits per heavy atom. The zero-order chi connectivity index (χ0) is 17.9. The Morgan fingerprint density at radius 2 is 2.00 bits per heavy atom. The molecule has 0 bridgehead atoms. The van der Waals surface area contributed by atoms with Gasteiger partial charge in [0.2, 0.25) is 0 Å². The standard InChI is InChI=1S/C16H24F3N5S.HI/c1-20-15(21-13-4-5-22(11-13)12-16(17,18)19)24-8-6-23(7-9-24)14-3-2-10-25-14;/h2-3,10,13H,4-9,11-12H2,1H3,(H,20,21);1H. The lowest BCUT2D eigenvalue weighted by Crippen LogP contribution is -2.54. The van der Waals surface area contributed by atoms with Crippen LogP contribution in [-0.4, -0.2) is 80.8 Å². The molecule has 1 unspecified atom stereocenters. The Morgan fingerprint density at radius 3 is 2.58 bits per heavy atom. The summed E-state index contributed by atoms with van der Waals surface area (Å²) in [5.74, 6) is 0.796. The van der Waals surface area contributed by atoms with Gasteiger partial charge in [-0.05, 0) is 23.9 Å². The van der Waals surface area contributed by atoms with Crippen LogP contribution in [0.4, 0.5) is 18.2 Å². The highest BCUT2D eigenvalue weighted by molar-refractivity contribution is 14.0. The Hall–Kier alpha value is -0.750. The van der Waals surface area contributed by atoms with Gasteiger partial charge in [-0.15, -0.1) is 35.3 Å². The number of alkyl halides is 3. The fourth-order valence-corrected chi connectivity index (χ4v) is 4.20. The van der Waals surface area contributed by atoms with Crippen LogP contribution in [0.2, 0.25) is 0 Å². The van der Waals surface area contributed by atoms with E-state index < -0.39 is 12.7 Å². The predicted molar refractivity (Wildman–Crippen MR) is 111 cm³/mol. The molecule has 0 aliphatic carbocycles. The maximum absolute atomic E-state index is 12.5. The summed E-state index contributed by atoms with van der Waals surface area (Å²) in [6.07, 6.45) is -3.42. The van der Waals surface area contributed by atoms with Crippen LogP contribution in [0.15, 0.2) is 22.5 Å². The lowest BCUT2D eigenvalue weighted by Gasteiger charge is -2.37. The molecule has 2 saturated heterocycles. The van der Waals surface area contributed by atoms with Crippen molar-refractivity contribution in [3.8, 4) is 0 Å². The van der Waals surface area contributed by atoms with E-state index in [1.807, 2.05) is 0 Å². The van der Waals surface area contributed by atoms with Gasteiger partial charge in [0.05, 0.1) is 11.5 Å². The maximum Gasteiger partial charge on any atom is 0.401 e. The number of guanidine groups is 1. The third-order valence-electron chi connectivity index (χ3n) is 4.62. The Labute approximate surface area is 173 Å². The Bertz CT molecular complexity index is 573. The minimum atomic E-state index is -4.13. The van der Waals surface area contributed by atoms with Crippen molar-refractivity contribution >= 4 is 46.3 Å². The highest BCUT2D eigenvalue weighted by Crippen LogP contribution is 2.23. The van der Waals surface area contributed by atoms with E-state index in [0.717, 1.165) is 32.1 Å². The van der Waals surface area contributed by atoms with Gasteiger partial charge in [0.15, 0.2) is 5.96 Å². The minimum absolute atomic E-state index is 0. The van der Waals surface area contributed by atoms with E-state index in [9.17, 15) is 13.2 Å². The molecule has 1 aromatic heterocycles. The summed E-state index contributed by atoms with van der Waals surface area (Å²) in [6, 6.07) is 4.21. The van der Waals surface area contributed by atoms with Crippen molar-refractivity contribution in [2.75, 3.05) is 57.8 Å². The number of halogens is 4. The summed E-state index contributed by atoms with van der Waals surface area (Å²) >= 11 is 1.74. The molecule has 0 saturated carbocycles. The normalized spacial score (nSPS) is 22.5. The minimum Gasteiger partial charge on any atom is -0.360 e. The Balaban J connectivity index is 0.00000243. The van der Waals surface area contributed by atoms with Crippen molar-refractivity contribution in [1.29, 1.82) is 0 Å². The molecule has 0 aromatic carbocycles. The number of thiophene rings is 1. The number of piperazine rings is 1. The molecule has 1 aromatic rings. The molecule has 0 spiro atoms. The first kappa shape index (κ1) is 21.5. The van der Waals surface area contributed by atoms with Crippen LogP contribution in [0, 0.1) is 0 Å². The van der Waals surface area contributed by atoms with E-state index in [4.69, 9.17) is 0 Å². The van der Waals surface area contributed by atoms with Crippen LogP contribution in [0.5, 0.6) is 0 Å². The molecule has 2 fully saturated rings. The zero-order valence-corrected chi connectivity index (χ0v) is 17.9. The number of likely N-dealkylation sites (tertiary alicyclic amines) is 1. The van der Waals surface area contributed by atoms with Crippen molar-refractivity contribution in [3.05, 3.63) is 17.5 Å². The fourth-order valence-electron chi connectivity index (χ4n) is 3.42. The molecule has 2 aliphatic rings. The van der Waals surface area contributed by atoms with Crippen LogP contribution in [0.1, 0.15) is 6.42 Å². The van der Waals surface area contributed by atoms with Crippen LogP contribution < -0.4 is 10.2 Å². The topological polar surface area (TPSA) is 34.1 Å². The summed E-state index contributed by atoms with van der Waals surface area (Å²) in [4.78, 5) is 10.3. The van der Waals surface area contributed by atoms with E-state index in [2.05, 4.69) is 37.6 Å². The van der Waals surface area contributed by atoms with E-state index >= 15 is 0 Å². The second-order valence-corrected chi connectivity index (χ2v) is 7.38. The van der Waals surface area contributed by atoms with Crippen LogP contribution >= 0.6 is 35.3 Å². The van der Waals surface area contributed by atoms with Gasteiger partial charge in [-0.1, -0.05) is 0 Å². The summed E-state index contributed by atoms with van der Waals surface area (Å²) < 4.78 is 37.5. The lowest BCUT2D eigenvalue weighted by atomic mass is 10.2. The summed E-state index contributed by atoms with van der Waals surface area (Å²) in [5, 5.41) is 6.71. The van der Waals surface area contributed by atoms with Crippen molar-refractivity contribution in [3.63, 3.8) is 0 Å². The highest BCUT2D eigenvalue weighted by atomic mass is 127. The molecule has 10 heteroatoms. The van der Waals surface area contributed by atoms with Gasteiger partial charge < -0.3 is 15.1 Å². The quantitative estimate of drug-likeness (QED) is 0.391. The molecule has 0 amide bonds. The van der Waals surface area contributed by atoms with Gasteiger partial charge in [-0.3, -0.25) is 9.89 Å². The number of aliphatic imine (C=N–C) groups is 1. The molecule has 5 nitrogen and oxygen atoms in total. The predicted octanol–water partition coefficient (Wildman–Crippen LogP) is 2.70.